The van der Waals surface area contributed by atoms with Crippen molar-refractivity contribution < 1.29 is 18.9 Å². The summed E-state index contributed by atoms with van der Waals surface area (Å²) in [5, 5.41) is 12.7. The van der Waals surface area contributed by atoms with Gasteiger partial charge < -0.3 is 25.8 Å². The summed E-state index contributed by atoms with van der Waals surface area (Å²) in [6.07, 6.45) is 0. The van der Waals surface area contributed by atoms with Gasteiger partial charge in [-0.15, -0.1) is 0 Å². The number of hydrogen-bond acceptors (Lipinski definition) is 8. The molecule has 0 bridgehead atoms. The Labute approximate surface area is 153 Å². The van der Waals surface area contributed by atoms with E-state index in [0.29, 0.717) is 37.7 Å². The number of methoxy groups -OCH3 is 1. The number of rotatable bonds is 9. The summed E-state index contributed by atoms with van der Waals surface area (Å²) in [6.45, 7) is 4.03. The lowest BCUT2D eigenvalue weighted by Crippen LogP contribution is -2.32. The Balaban J connectivity index is 1.81. The Hall–Kier alpha value is -2.33. The summed E-state index contributed by atoms with van der Waals surface area (Å²) in [5.41, 5.74) is 6.46. The van der Waals surface area contributed by atoms with Crippen molar-refractivity contribution in [2.75, 3.05) is 32.5 Å². The van der Waals surface area contributed by atoms with Crippen LogP contribution in [0.2, 0.25) is 0 Å². The first-order chi connectivity index (χ1) is 12.1. The Kier molecular flexibility index (Phi) is 7.02. The second-order valence-corrected chi connectivity index (χ2v) is 5.83. The van der Waals surface area contributed by atoms with E-state index in [4.69, 9.17) is 15.2 Å². The van der Waals surface area contributed by atoms with Crippen LogP contribution in [-0.4, -0.2) is 43.0 Å². The van der Waals surface area contributed by atoms with Crippen LogP contribution in [-0.2, 0) is 6.54 Å². The van der Waals surface area contributed by atoms with Crippen molar-refractivity contribution in [3.8, 4) is 11.5 Å². The zero-order valence-corrected chi connectivity index (χ0v) is 15.6. The van der Waals surface area contributed by atoms with Crippen molar-refractivity contribution in [3.05, 3.63) is 27.9 Å². The third-order valence-corrected chi connectivity index (χ3v) is 3.81. The van der Waals surface area contributed by atoms with Gasteiger partial charge in [-0.05, 0) is 50.9 Å². The van der Waals surface area contributed by atoms with Crippen molar-refractivity contribution >= 4 is 27.7 Å². The largest absolute Gasteiger partial charge is 0.493 e. The first kappa shape index (κ1) is 19.0. The van der Waals surface area contributed by atoms with Crippen LogP contribution >= 0.6 is 15.9 Å². The van der Waals surface area contributed by atoms with Gasteiger partial charge in [-0.3, -0.25) is 4.79 Å². The fourth-order valence-electron chi connectivity index (χ4n) is 2.09. The number of ether oxygens (including phenoxy) is 2. The molecular formula is C15H20BrN5O4. The van der Waals surface area contributed by atoms with Crippen LogP contribution in [0.5, 0.6) is 11.5 Å². The van der Waals surface area contributed by atoms with E-state index in [1.807, 2.05) is 19.1 Å². The van der Waals surface area contributed by atoms with Crippen LogP contribution < -0.4 is 25.8 Å². The normalized spacial score (nSPS) is 10.5. The van der Waals surface area contributed by atoms with E-state index in [2.05, 4.69) is 41.5 Å². The monoisotopic (exact) mass is 413 g/mol. The van der Waals surface area contributed by atoms with Crippen LogP contribution in [0.25, 0.3) is 0 Å². The zero-order valence-electron chi connectivity index (χ0n) is 14.0. The number of hydrogen-bond donors (Lipinski definition) is 3. The number of benzene rings is 1. The molecule has 0 aliphatic heterocycles. The predicted molar refractivity (Wildman–Crippen MR) is 94.6 cm³/mol. The molecule has 0 aliphatic carbocycles. The highest BCUT2D eigenvalue weighted by Gasteiger charge is 2.15. The highest BCUT2D eigenvalue weighted by molar-refractivity contribution is 9.10. The molecule has 4 N–H and O–H groups in total. The summed E-state index contributed by atoms with van der Waals surface area (Å²) >= 11 is 3.49. The molecule has 0 aliphatic rings. The second-order valence-electron chi connectivity index (χ2n) is 4.97. The molecule has 136 valence electrons. The lowest BCUT2D eigenvalue weighted by molar-refractivity contribution is 0.0944. The number of carbonyl (C=O) groups excluding carboxylic acids is 1. The van der Waals surface area contributed by atoms with E-state index in [1.165, 1.54) is 0 Å². The molecule has 2 aromatic rings. The highest BCUT2D eigenvalue weighted by Crippen LogP contribution is 2.36. The number of nitrogens with zero attached hydrogens (tertiary/aromatic N) is 2. The van der Waals surface area contributed by atoms with Crippen LogP contribution in [0.3, 0.4) is 0 Å². The minimum Gasteiger partial charge on any atom is -0.493 e. The number of nitrogen functional groups attached to an aromatic ring is 1. The molecule has 25 heavy (non-hydrogen) atoms. The Morgan fingerprint density at radius 1 is 1.36 bits per heavy atom. The maximum Gasteiger partial charge on any atom is 0.277 e. The summed E-state index contributed by atoms with van der Waals surface area (Å²) in [7, 11) is 1.60. The molecule has 2 rings (SSSR count). The third kappa shape index (κ3) is 5.07. The molecule has 0 radical (unpaired) electrons. The van der Waals surface area contributed by atoms with Gasteiger partial charge >= 0.3 is 0 Å². The summed E-state index contributed by atoms with van der Waals surface area (Å²) in [5.74, 6) is 0.887. The van der Waals surface area contributed by atoms with Crippen molar-refractivity contribution in [3.63, 3.8) is 0 Å². The van der Waals surface area contributed by atoms with Crippen LogP contribution in [0, 0.1) is 0 Å². The van der Waals surface area contributed by atoms with Crippen LogP contribution in [0.1, 0.15) is 23.0 Å². The molecule has 0 unspecified atom stereocenters. The second kappa shape index (κ2) is 9.23. The lowest BCUT2D eigenvalue weighted by Gasteiger charge is -2.14. The molecule has 0 atom stereocenters. The number of anilines is 1. The summed E-state index contributed by atoms with van der Waals surface area (Å²) < 4.78 is 16.1. The molecule has 0 saturated heterocycles. The zero-order chi connectivity index (χ0) is 18.2. The van der Waals surface area contributed by atoms with Gasteiger partial charge in [0.15, 0.2) is 11.5 Å². The van der Waals surface area contributed by atoms with Gasteiger partial charge in [0, 0.05) is 19.6 Å². The first-order valence-electron chi connectivity index (χ1n) is 7.63. The van der Waals surface area contributed by atoms with Gasteiger partial charge in [0.2, 0.25) is 11.5 Å². The molecule has 0 fully saturated rings. The Morgan fingerprint density at radius 2 is 2.16 bits per heavy atom. The van der Waals surface area contributed by atoms with Crippen molar-refractivity contribution in [1.82, 2.24) is 20.9 Å². The highest BCUT2D eigenvalue weighted by atomic mass is 79.9. The molecule has 0 saturated carbocycles. The summed E-state index contributed by atoms with van der Waals surface area (Å²) in [6, 6.07) is 3.87. The third-order valence-electron chi connectivity index (χ3n) is 3.22. The quantitative estimate of drug-likeness (QED) is 0.525. The standard InChI is InChI=1S/C15H20BrN5O4/c1-3-24-13-10(16)6-9(7-11(13)23-2)8-18-4-5-19-15(22)12-14(17)21-25-20-12/h6-7,18H,3-5,8H2,1-2H3,(H2,17,21)(H,19,22). The predicted octanol–water partition coefficient (Wildman–Crippen LogP) is 1.34. The van der Waals surface area contributed by atoms with Crippen LogP contribution in [0.4, 0.5) is 5.82 Å². The van der Waals surface area contributed by atoms with Crippen molar-refractivity contribution in [1.29, 1.82) is 0 Å². The maximum absolute atomic E-state index is 11.8. The molecule has 0 spiro atoms. The van der Waals surface area contributed by atoms with Gasteiger partial charge in [0.05, 0.1) is 18.2 Å². The fourth-order valence-corrected chi connectivity index (χ4v) is 2.70. The minimum atomic E-state index is -0.425. The van der Waals surface area contributed by atoms with E-state index < -0.39 is 5.91 Å². The van der Waals surface area contributed by atoms with E-state index in [9.17, 15) is 4.79 Å². The van der Waals surface area contributed by atoms with Gasteiger partial charge in [-0.25, -0.2) is 4.63 Å². The van der Waals surface area contributed by atoms with E-state index in [-0.39, 0.29) is 11.5 Å². The molecular weight excluding hydrogens is 394 g/mol. The molecule has 1 aromatic heterocycles. The molecule has 1 amide bonds. The summed E-state index contributed by atoms with van der Waals surface area (Å²) in [4.78, 5) is 11.8. The number of nitrogens with two attached hydrogens (primary N) is 1. The first-order valence-corrected chi connectivity index (χ1v) is 8.42. The average molecular weight is 414 g/mol. The van der Waals surface area contributed by atoms with Crippen molar-refractivity contribution in [2.24, 2.45) is 0 Å². The number of aromatic nitrogens is 2. The van der Waals surface area contributed by atoms with E-state index in [1.54, 1.807) is 7.11 Å². The van der Waals surface area contributed by atoms with E-state index in [0.717, 1.165) is 10.0 Å². The molecule has 1 aromatic carbocycles. The van der Waals surface area contributed by atoms with Gasteiger partial charge in [-0.2, -0.15) is 0 Å². The Morgan fingerprint density at radius 3 is 2.80 bits per heavy atom. The molecule has 1 heterocycles. The SMILES string of the molecule is CCOc1c(Br)cc(CNCCNC(=O)c2nonc2N)cc1OC. The Bertz CT molecular complexity index is 722. The molecule has 10 heteroatoms. The fraction of sp³-hybridized carbons (Fsp3) is 0.400. The minimum absolute atomic E-state index is 0.0137. The van der Waals surface area contributed by atoms with Crippen LogP contribution in [0.15, 0.2) is 21.2 Å². The van der Waals surface area contributed by atoms with Crippen molar-refractivity contribution in [2.45, 2.75) is 13.5 Å². The lowest BCUT2D eigenvalue weighted by atomic mass is 10.2. The number of amides is 1. The number of carbonyl (C=O) groups is 1. The number of halogens is 1. The van der Waals surface area contributed by atoms with Gasteiger partial charge in [0.1, 0.15) is 0 Å². The van der Waals surface area contributed by atoms with Gasteiger partial charge in [-0.1, -0.05) is 0 Å². The maximum atomic E-state index is 11.8. The van der Waals surface area contributed by atoms with E-state index >= 15 is 0 Å². The average Bonchev–Trinajstić information content (AvgIpc) is 3.02. The smallest absolute Gasteiger partial charge is 0.277 e. The van der Waals surface area contributed by atoms with Gasteiger partial charge in [0.25, 0.3) is 5.91 Å². The topological polar surface area (TPSA) is 125 Å². The number of nitrogens with one attached hydrogen (secondary N) is 2. The molecule has 9 nitrogen and oxygen atoms in total.